The van der Waals surface area contributed by atoms with Crippen molar-refractivity contribution in [1.82, 2.24) is 14.8 Å². The molecular formula is C26H24N4O3S. The molecule has 1 heterocycles. The number of amides is 1. The number of hydrogen-bond donors (Lipinski definition) is 1. The number of carbonyl (C=O) groups excluding carboxylic acids is 2. The predicted octanol–water partition coefficient (Wildman–Crippen LogP) is 5.15. The average Bonchev–Trinajstić information content (AvgIpc) is 3.28. The summed E-state index contributed by atoms with van der Waals surface area (Å²) in [7, 11) is 0. The molecular weight excluding hydrogens is 448 g/mol. The number of ether oxygens (including phenoxy) is 1. The van der Waals surface area contributed by atoms with Crippen molar-refractivity contribution in [3.05, 3.63) is 90.0 Å². The van der Waals surface area contributed by atoms with Crippen LogP contribution in [0.1, 0.15) is 22.8 Å². The number of carbonyl (C=O) groups is 2. The molecule has 0 bridgehead atoms. The Hall–Kier alpha value is -3.91. The molecule has 0 spiro atoms. The van der Waals surface area contributed by atoms with Crippen molar-refractivity contribution in [2.75, 3.05) is 17.7 Å². The van der Waals surface area contributed by atoms with E-state index in [2.05, 4.69) is 21.6 Å². The molecule has 4 aromatic rings. The number of aryl methyl sites for hydroxylation is 1. The minimum Gasteiger partial charge on any atom is -0.462 e. The number of nitrogens with zero attached hydrogens (tertiary/aromatic N) is 3. The van der Waals surface area contributed by atoms with E-state index in [-0.39, 0.29) is 17.6 Å². The highest BCUT2D eigenvalue weighted by Gasteiger charge is 2.17. The molecule has 1 N–H and O–H groups in total. The van der Waals surface area contributed by atoms with E-state index in [1.807, 2.05) is 60.0 Å². The third-order valence-electron chi connectivity index (χ3n) is 4.94. The number of thioether (sulfide) groups is 1. The molecule has 8 heteroatoms. The monoisotopic (exact) mass is 472 g/mol. The van der Waals surface area contributed by atoms with Crippen molar-refractivity contribution >= 4 is 29.3 Å². The van der Waals surface area contributed by atoms with Crippen molar-refractivity contribution in [3.8, 4) is 17.1 Å². The first-order valence-electron chi connectivity index (χ1n) is 10.8. The Balaban J connectivity index is 1.50. The number of hydrogen-bond acceptors (Lipinski definition) is 6. The molecule has 3 aromatic carbocycles. The van der Waals surface area contributed by atoms with Crippen LogP contribution in [-0.4, -0.2) is 39.0 Å². The van der Waals surface area contributed by atoms with E-state index in [4.69, 9.17) is 4.74 Å². The lowest BCUT2D eigenvalue weighted by Gasteiger charge is -2.11. The summed E-state index contributed by atoms with van der Waals surface area (Å²) in [5.41, 5.74) is 4.04. The average molecular weight is 473 g/mol. The highest BCUT2D eigenvalue weighted by atomic mass is 32.2. The van der Waals surface area contributed by atoms with Crippen LogP contribution in [0.3, 0.4) is 0 Å². The lowest BCUT2D eigenvalue weighted by atomic mass is 10.1. The van der Waals surface area contributed by atoms with Crippen LogP contribution in [0.4, 0.5) is 5.69 Å². The maximum absolute atomic E-state index is 12.6. The quantitative estimate of drug-likeness (QED) is 0.282. The summed E-state index contributed by atoms with van der Waals surface area (Å²) >= 11 is 1.31. The largest absolute Gasteiger partial charge is 0.462 e. The van der Waals surface area contributed by atoms with Gasteiger partial charge in [-0.3, -0.25) is 9.36 Å². The van der Waals surface area contributed by atoms with Gasteiger partial charge in [-0.2, -0.15) is 0 Å². The third-order valence-corrected chi connectivity index (χ3v) is 5.87. The van der Waals surface area contributed by atoms with Gasteiger partial charge in [-0.1, -0.05) is 53.7 Å². The first-order chi connectivity index (χ1) is 16.5. The van der Waals surface area contributed by atoms with E-state index in [1.165, 1.54) is 11.8 Å². The van der Waals surface area contributed by atoms with Crippen LogP contribution < -0.4 is 5.32 Å². The lowest BCUT2D eigenvalue weighted by molar-refractivity contribution is -0.113. The molecule has 0 saturated carbocycles. The number of anilines is 1. The topological polar surface area (TPSA) is 86.1 Å². The highest BCUT2D eigenvalue weighted by Crippen LogP contribution is 2.28. The van der Waals surface area contributed by atoms with E-state index >= 15 is 0 Å². The fourth-order valence-electron chi connectivity index (χ4n) is 3.38. The van der Waals surface area contributed by atoms with Crippen LogP contribution in [-0.2, 0) is 9.53 Å². The first kappa shape index (κ1) is 23.3. The molecule has 172 valence electrons. The fourth-order valence-corrected chi connectivity index (χ4v) is 4.13. The van der Waals surface area contributed by atoms with Crippen LogP contribution in [0.5, 0.6) is 0 Å². The summed E-state index contributed by atoms with van der Waals surface area (Å²) < 4.78 is 6.94. The van der Waals surface area contributed by atoms with Gasteiger partial charge in [0.25, 0.3) is 0 Å². The van der Waals surface area contributed by atoms with Gasteiger partial charge in [0, 0.05) is 16.9 Å². The molecule has 1 aromatic heterocycles. The molecule has 7 nitrogen and oxygen atoms in total. The zero-order valence-electron chi connectivity index (χ0n) is 18.9. The summed E-state index contributed by atoms with van der Waals surface area (Å²) in [4.78, 5) is 24.4. The smallest absolute Gasteiger partial charge is 0.338 e. The van der Waals surface area contributed by atoms with Crippen molar-refractivity contribution in [2.45, 2.75) is 19.0 Å². The standard InChI is InChI=1S/C26H24N4O3S/c1-3-33-25(32)19-12-14-21(15-13-19)27-23(31)17-34-26-29-28-24(20-9-7-8-18(2)16-20)30(26)22-10-5-4-6-11-22/h4-16H,3,17H2,1-2H3,(H,27,31). The van der Waals surface area contributed by atoms with Crippen molar-refractivity contribution in [2.24, 2.45) is 0 Å². The summed E-state index contributed by atoms with van der Waals surface area (Å²) in [6.07, 6.45) is 0. The maximum atomic E-state index is 12.6. The van der Waals surface area contributed by atoms with Gasteiger partial charge in [-0.05, 0) is 56.3 Å². The van der Waals surface area contributed by atoms with Gasteiger partial charge in [0.2, 0.25) is 5.91 Å². The van der Waals surface area contributed by atoms with Gasteiger partial charge in [-0.15, -0.1) is 10.2 Å². The summed E-state index contributed by atoms with van der Waals surface area (Å²) in [6, 6.07) is 24.5. The highest BCUT2D eigenvalue weighted by molar-refractivity contribution is 7.99. The molecule has 0 aliphatic carbocycles. The molecule has 0 radical (unpaired) electrons. The summed E-state index contributed by atoms with van der Waals surface area (Å²) in [6.45, 7) is 4.10. The van der Waals surface area contributed by atoms with Gasteiger partial charge in [0.05, 0.1) is 17.9 Å². The van der Waals surface area contributed by atoms with E-state index in [9.17, 15) is 9.59 Å². The van der Waals surface area contributed by atoms with Crippen molar-refractivity contribution < 1.29 is 14.3 Å². The van der Waals surface area contributed by atoms with Gasteiger partial charge in [0.15, 0.2) is 11.0 Å². The number of para-hydroxylation sites is 1. The second-order valence-corrected chi connectivity index (χ2v) is 8.42. The van der Waals surface area contributed by atoms with E-state index < -0.39 is 0 Å². The molecule has 0 unspecified atom stereocenters. The number of esters is 1. The number of benzene rings is 3. The second kappa shape index (κ2) is 10.8. The Kier molecular flexibility index (Phi) is 7.39. The zero-order chi connectivity index (χ0) is 23.9. The molecule has 0 saturated heterocycles. The maximum Gasteiger partial charge on any atom is 0.338 e. The SMILES string of the molecule is CCOC(=O)c1ccc(NC(=O)CSc2nnc(-c3cccc(C)c3)n2-c2ccccc2)cc1. The van der Waals surface area contributed by atoms with Gasteiger partial charge in [0.1, 0.15) is 0 Å². The Morgan fingerprint density at radius 3 is 2.44 bits per heavy atom. The normalized spacial score (nSPS) is 10.6. The number of rotatable bonds is 8. The molecule has 1 amide bonds. The number of aromatic nitrogens is 3. The minimum absolute atomic E-state index is 0.151. The van der Waals surface area contributed by atoms with Crippen molar-refractivity contribution in [3.63, 3.8) is 0 Å². The first-order valence-corrected chi connectivity index (χ1v) is 11.8. The Morgan fingerprint density at radius 2 is 1.74 bits per heavy atom. The molecule has 0 fully saturated rings. The van der Waals surface area contributed by atoms with E-state index in [1.54, 1.807) is 31.2 Å². The van der Waals surface area contributed by atoms with Crippen LogP contribution in [0.15, 0.2) is 84.0 Å². The molecule has 0 aliphatic heterocycles. The van der Waals surface area contributed by atoms with Crippen LogP contribution >= 0.6 is 11.8 Å². The van der Waals surface area contributed by atoms with Crippen LogP contribution in [0.25, 0.3) is 17.1 Å². The van der Waals surface area contributed by atoms with E-state index in [0.29, 0.717) is 28.8 Å². The molecule has 0 aliphatic rings. The second-order valence-electron chi connectivity index (χ2n) is 7.48. The summed E-state index contributed by atoms with van der Waals surface area (Å²) in [5, 5.41) is 12.3. The van der Waals surface area contributed by atoms with Crippen LogP contribution in [0.2, 0.25) is 0 Å². The molecule has 0 atom stereocenters. The summed E-state index contributed by atoms with van der Waals surface area (Å²) in [5.74, 6) is 0.292. The fraction of sp³-hybridized carbons (Fsp3) is 0.154. The Bertz CT molecular complexity index is 1290. The van der Waals surface area contributed by atoms with Crippen molar-refractivity contribution in [1.29, 1.82) is 0 Å². The Labute approximate surface area is 202 Å². The lowest BCUT2D eigenvalue weighted by Crippen LogP contribution is -2.15. The van der Waals surface area contributed by atoms with Gasteiger partial charge in [-0.25, -0.2) is 4.79 Å². The zero-order valence-corrected chi connectivity index (χ0v) is 19.7. The van der Waals surface area contributed by atoms with Crippen LogP contribution in [0, 0.1) is 6.92 Å². The third kappa shape index (κ3) is 5.52. The Morgan fingerprint density at radius 1 is 0.971 bits per heavy atom. The number of nitrogens with one attached hydrogen (secondary N) is 1. The van der Waals surface area contributed by atoms with E-state index in [0.717, 1.165) is 16.8 Å². The van der Waals surface area contributed by atoms with Gasteiger partial charge >= 0.3 is 5.97 Å². The predicted molar refractivity (Wildman–Crippen MR) is 133 cm³/mol. The molecule has 34 heavy (non-hydrogen) atoms. The minimum atomic E-state index is -0.388. The molecule has 4 rings (SSSR count). The van der Waals surface area contributed by atoms with Gasteiger partial charge < -0.3 is 10.1 Å².